The van der Waals surface area contributed by atoms with Crippen molar-refractivity contribution in [2.75, 3.05) is 6.54 Å². The maximum Gasteiger partial charge on any atom is 0.304 e. The Balaban J connectivity index is 2.91. The molecule has 0 aromatic rings. The van der Waals surface area contributed by atoms with Gasteiger partial charge in [-0.05, 0) is 19.3 Å². The molecule has 1 heterocycles. The number of aliphatic carboxylic acids is 1. The predicted octanol–water partition coefficient (Wildman–Crippen LogP) is 0.557. The minimum atomic E-state index is -3.69. The fraction of sp³-hybridized carbons (Fsp3) is 0.800. The van der Waals surface area contributed by atoms with Gasteiger partial charge in [-0.1, -0.05) is 6.92 Å². The lowest BCUT2D eigenvalue weighted by atomic mass is 10.2. The molecule has 1 aliphatic heterocycles. The first-order valence-corrected chi connectivity index (χ1v) is 7.05. The van der Waals surface area contributed by atoms with E-state index < -0.39 is 27.3 Å². The highest BCUT2D eigenvalue weighted by Crippen LogP contribution is 2.26. The van der Waals surface area contributed by atoms with E-state index in [1.54, 1.807) is 13.0 Å². The number of carboxylic acid groups (broad SMARTS) is 1. The standard InChI is InChI=1S/C10H16N2O4S/c1-2-9(7-11)17(15,16)12-5-3-4-8(12)6-10(13)14/h8-9H,2-6H2,1H3,(H,13,14). The number of nitriles is 1. The molecule has 0 aromatic heterocycles. The van der Waals surface area contributed by atoms with Crippen LogP contribution in [-0.4, -0.2) is 41.6 Å². The quantitative estimate of drug-likeness (QED) is 0.778. The van der Waals surface area contributed by atoms with Crippen LogP contribution in [0.15, 0.2) is 0 Å². The SMILES string of the molecule is CCC(C#N)S(=O)(=O)N1CCCC1CC(=O)O. The molecule has 1 aliphatic rings. The van der Waals surface area contributed by atoms with E-state index >= 15 is 0 Å². The molecule has 17 heavy (non-hydrogen) atoms. The van der Waals surface area contributed by atoms with Gasteiger partial charge < -0.3 is 5.11 Å². The Kier molecular flexibility index (Phi) is 4.48. The van der Waals surface area contributed by atoms with Crippen LogP contribution in [0, 0.1) is 11.3 Å². The Bertz CT molecular complexity index is 426. The number of sulfonamides is 1. The van der Waals surface area contributed by atoms with Crippen LogP contribution >= 0.6 is 0 Å². The van der Waals surface area contributed by atoms with Crippen molar-refractivity contribution in [3.8, 4) is 6.07 Å². The minimum absolute atomic E-state index is 0.193. The Morgan fingerprint density at radius 2 is 2.29 bits per heavy atom. The molecule has 1 saturated heterocycles. The molecule has 0 spiro atoms. The van der Waals surface area contributed by atoms with Crippen molar-refractivity contribution < 1.29 is 18.3 Å². The molecule has 0 saturated carbocycles. The van der Waals surface area contributed by atoms with Crippen LogP contribution in [0.2, 0.25) is 0 Å². The number of carbonyl (C=O) groups is 1. The second kappa shape index (κ2) is 5.47. The van der Waals surface area contributed by atoms with E-state index in [9.17, 15) is 13.2 Å². The third-order valence-corrected chi connectivity index (χ3v) is 5.23. The molecule has 2 atom stereocenters. The summed E-state index contributed by atoms with van der Waals surface area (Å²) >= 11 is 0. The van der Waals surface area contributed by atoms with Gasteiger partial charge in [0.05, 0.1) is 12.5 Å². The Labute approximate surface area is 101 Å². The summed E-state index contributed by atoms with van der Waals surface area (Å²) < 4.78 is 25.4. The molecule has 7 heteroatoms. The average molecular weight is 260 g/mol. The summed E-state index contributed by atoms with van der Waals surface area (Å²) in [5.74, 6) is -1.01. The number of hydrogen-bond donors (Lipinski definition) is 1. The number of rotatable bonds is 5. The molecular weight excluding hydrogens is 244 g/mol. The lowest BCUT2D eigenvalue weighted by Gasteiger charge is -2.24. The number of hydrogen-bond acceptors (Lipinski definition) is 4. The first-order valence-electron chi connectivity index (χ1n) is 5.55. The lowest BCUT2D eigenvalue weighted by Crippen LogP contribution is -2.41. The second-order valence-electron chi connectivity index (χ2n) is 4.08. The third-order valence-electron chi connectivity index (χ3n) is 2.93. The highest BCUT2D eigenvalue weighted by Gasteiger charge is 2.39. The van der Waals surface area contributed by atoms with E-state index in [-0.39, 0.29) is 12.8 Å². The van der Waals surface area contributed by atoms with E-state index in [0.29, 0.717) is 19.4 Å². The highest BCUT2D eigenvalue weighted by atomic mass is 32.2. The Hall–Kier alpha value is -1.13. The maximum absolute atomic E-state index is 12.1. The zero-order valence-electron chi connectivity index (χ0n) is 9.66. The van der Waals surface area contributed by atoms with Crippen LogP contribution < -0.4 is 0 Å². The summed E-state index contributed by atoms with van der Waals surface area (Å²) in [4.78, 5) is 10.7. The molecule has 0 radical (unpaired) electrons. The molecule has 6 nitrogen and oxygen atoms in total. The summed E-state index contributed by atoms with van der Waals surface area (Å²) in [7, 11) is -3.69. The molecule has 0 aliphatic carbocycles. The van der Waals surface area contributed by atoms with E-state index in [0.717, 1.165) is 0 Å². The van der Waals surface area contributed by atoms with Crippen LogP contribution in [0.3, 0.4) is 0 Å². The lowest BCUT2D eigenvalue weighted by molar-refractivity contribution is -0.137. The van der Waals surface area contributed by atoms with Gasteiger partial charge in [0.25, 0.3) is 0 Å². The zero-order chi connectivity index (χ0) is 13.1. The van der Waals surface area contributed by atoms with Crippen LogP contribution in [0.5, 0.6) is 0 Å². The molecule has 96 valence electrons. The average Bonchev–Trinajstić information content (AvgIpc) is 2.66. The largest absolute Gasteiger partial charge is 0.481 e. The fourth-order valence-electron chi connectivity index (χ4n) is 2.08. The van der Waals surface area contributed by atoms with Gasteiger partial charge in [-0.25, -0.2) is 8.42 Å². The van der Waals surface area contributed by atoms with E-state index in [4.69, 9.17) is 10.4 Å². The van der Waals surface area contributed by atoms with Gasteiger partial charge in [-0.3, -0.25) is 4.79 Å². The summed E-state index contributed by atoms with van der Waals surface area (Å²) in [5.41, 5.74) is 0. The van der Waals surface area contributed by atoms with Gasteiger partial charge in [0, 0.05) is 12.6 Å². The van der Waals surface area contributed by atoms with Crippen LogP contribution in [0.1, 0.15) is 32.6 Å². The summed E-state index contributed by atoms with van der Waals surface area (Å²) in [6, 6.07) is 1.27. The monoisotopic (exact) mass is 260 g/mol. The van der Waals surface area contributed by atoms with E-state index in [2.05, 4.69) is 0 Å². The van der Waals surface area contributed by atoms with Gasteiger partial charge in [0.15, 0.2) is 5.25 Å². The third kappa shape index (κ3) is 2.96. The molecular formula is C10H16N2O4S. The van der Waals surface area contributed by atoms with Crippen molar-refractivity contribution in [3.63, 3.8) is 0 Å². The van der Waals surface area contributed by atoms with Crippen molar-refractivity contribution >= 4 is 16.0 Å². The first kappa shape index (κ1) is 13.9. The van der Waals surface area contributed by atoms with Gasteiger partial charge in [-0.2, -0.15) is 9.57 Å². The van der Waals surface area contributed by atoms with Gasteiger partial charge in [0.2, 0.25) is 10.0 Å². The molecule has 1 N–H and O–H groups in total. The molecule has 1 rings (SSSR count). The molecule has 1 fully saturated rings. The van der Waals surface area contributed by atoms with Gasteiger partial charge >= 0.3 is 5.97 Å². The minimum Gasteiger partial charge on any atom is -0.481 e. The topological polar surface area (TPSA) is 98.5 Å². The molecule has 0 aromatic carbocycles. The highest BCUT2D eigenvalue weighted by molar-refractivity contribution is 7.90. The predicted molar refractivity (Wildman–Crippen MR) is 60.6 cm³/mol. The normalized spacial score (nSPS) is 23.2. The first-order chi connectivity index (χ1) is 7.93. The summed E-state index contributed by atoms with van der Waals surface area (Å²) in [6.07, 6.45) is 1.22. The molecule has 0 amide bonds. The van der Waals surface area contributed by atoms with Crippen molar-refractivity contribution in [1.29, 1.82) is 5.26 Å². The van der Waals surface area contributed by atoms with Crippen LogP contribution in [0.4, 0.5) is 0 Å². The van der Waals surface area contributed by atoms with Crippen molar-refractivity contribution in [2.45, 2.75) is 43.9 Å². The Morgan fingerprint density at radius 3 is 2.76 bits per heavy atom. The summed E-state index contributed by atoms with van der Waals surface area (Å²) in [5, 5.41) is 16.5. The molecule has 0 bridgehead atoms. The smallest absolute Gasteiger partial charge is 0.304 e. The Morgan fingerprint density at radius 1 is 1.65 bits per heavy atom. The fourth-order valence-corrected chi connectivity index (χ4v) is 3.94. The zero-order valence-corrected chi connectivity index (χ0v) is 10.5. The maximum atomic E-state index is 12.1. The van der Waals surface area contributed by atoms with Crippen LogP contribution in [0.25, 0.3) is 0 Å². The molecule has 2 unspecified atom stereocenters. The van der Waals surface area contributed by atoms with Crippen molar-refractivity contribution in [3.05, 3.63) is 0 Å². The number of carboxylic acids is 1. The van der Waals surface area contributed by atoms with Crippen molar-refractivity contribution in [1.82, 2.24) is 4.31 Å². The van der Waals surface area contributed by atoms with Crippen LogP contribution in [-0.2, 0) is 14.8 Å². The van der Waals surface area contributed by atoms with Crippen molar-refractivity contribution in [2.24, 2.45) is 0 Å². The number of nitrogens with zero attached hydrogens (tertiary/aromatic N) is 2. The van der Waals surface area contributed by atoms with E-state index in [1.807, 2.05) is 0 Å². The summed E-state index contributed by atoms with van der Waals surface area (Å²) in [6.45, 7) is 1.95. The van der Waals surface area contributed by atoms with Gasteiger partial charge in [0.1, 0.15) is 0 Å². The second-order valence-corrected chi connectivity index (χ2v) is 6.14. The van der Waals surface area contributed by atoms with Gasteiger partial charge in [-0.15, -0.1) is 0 Å². The van der Waals surface area contributed by atoms with E-state index in [1.165, 1.54) is 4.31 Å².